The number of carbonyl (C=O) groups excluding carboxylic acids is 2. The van der Waals surface area contributed by atoms with Crippen LogP contribution in [0.5, 0.6) is 11.5 Å². The average Bonchev–Trinajstić information content (AvgIpc) is 3.14. The Hall–Kier alpha value is -2.62. The first-order chi connectivity index (χ1) is 24.7. The Balaban J connectivity index is 1.36. The summed E-state index contributed by atoms with van der Waals surface area (Å²) in [5.41, 5.74) is 1.79. The predicted molar refractivity (Wildman–Crippen MR) is 211 cm³/mol. The normalized spacial score (nSPS) is 12.3. The number of hydrogen-bond donors (Lipinski definition) is 0. The van der Waals surface area contributed by atoms with E-state index in [-0.39, 0.29) is 11.6 Å². The van der Waals surface area contributed by atoms with E-state index in [1.165, 1.54) is 154 Å². The number of carbonyl (C=O) groups is 2. The second-order valence-corrected chi connectivity index (χ2v) is 14.9. The molecule has 1 aliphatic rings. The summed E-state index contributed by atoms with van der Waals surface area (Å²) in [5, 5.41) is 0. The van der Waals surface area contributed by atoms with Crippen molar-refractivity contribution >= 4 is 11.6 Å². The van der Waals surface area contributed by atoms with Gasteiger partial charge in [-0.1, -0.05) is 205 Å². The van der Waals surface area contributed by atoms with E-state index >= 15 is 0 Å². The lowest BCUT2D eigenvalue weighted by molar-refractivity contribution is 0.0978. The largest absolute Gasteiger partial charge is 0.490 e. The van der Waals surface area contributed by atoms with Gasteiger partial charge in [-0.2, -0.15) is 0 Å². The van der Waals surface area contributed by atoms with Crippen LogP contribution in [0.25, 0.3) is 0 Å². The van der Waals surface area contributed by atoms with Crippen molar-refractivity contribution in [3.05, 3.63) is 58.7 Å². The monoisotopic (exact) mass is 689 g/mol. The molecule has 1 aliphatic carbocycles. The van der Waals surface area contributed by atoms with Crippen LogP contribution in [0.4, 0.5) is 0 Å². The van der Waals surface area contributed by atoms with E-state index in [0.717, 1.165) is 25.7 Å². The molecule has 0 saturated heterocycles. The molecule has 0 spiro atoms. The molecule has 3 rings (SSSR count). The number of unbranched alkanes of at least 4 members (excludes halogenated alkanes) is 26. The molecule has 2 aromatic carbocycles. The fourth-order valence-electron chi connectivity index (χ4n) is 7.29. The maximum atomic E-state index is 13.4. The second-order valence-electron chi connectivity index (χ2n) is 14.9. The quantitative estimate of drug-likeness (QED) is 0.0613. The molecule has 0 aliphatic heterocycles. The molecule has 280 valence electrons. The minimum absolute atomic E-state index is 0.116. The smallest absolute Gasteiger partial charge is 0.194 e. The van der Waals surface area contributed by atoms with Gasteiger partial charge in [-0.15, -0.1) is 0 Å². The van der Waals surface area contributed by atoms with Crippen LogP contribution in [0.3, 0.4) is 0 Å². The lowest BCUT2D eigenvalue weighted by Crippen LogP contribution is -2.21. The van der Waals surface area contributed by atoms with Crippen molar-refractivity contribution in [1.82, 2.24) is 0 Å². The zero-order valence-corrected chi connectivity index (χ0v) is 32.3. The number of ether oxygens (including phenoxy) is 2. The first kappa shape index (κ1) is 41.8. The minimum Gasteiger partial charge on any atom is -0.490 e. The molecule has 0 N–H and O–H groups in total. The molecule has 0 radical (unpaired) electrons. The highest BCUT2D eigenvalue weighted by Crippen LogP contribution is 2.37. The third kappa shape index (κ3) is 16.2. The lowest BCUT2D eigenvalue weighted by Gasteiger charge is -2.21. The Morgan fingerprint density at radius 1 is 0.360 bits per heavy atom. The average molecular weight is 689 g/mol. The fraction of sp³-hybridized carbons (Fsp3) is 0.696. The minimum atomic E-state index is -0.116. The number of rotatable bonds is 32. The van der Waals surface area contributed by atoms with E-state index in [2.05, 4.69) is 13.8 Å². The maximum Gasteiger partial charge on any atom is 0.194 e. The molecule has 4 nitrogen and oxygen atoms in total. The summed E-state index contributed by atoms with van der Waals surface area (Å²) in [6.45, 7) is 5.74. The summed E-state index contributed by atoms with van der Waals surface area (Å²) in [7, 11) is 0. The van der Waals surface area contributed by atoms with Crippen LogP contribution >= 0.6 is 0 Å². The van der Waals surface area contributed by atoms with E-state index < -0.39 is 0 Å². The van der Waals surface area contributed by atoms with Gasteiger partial charge in [-0.3, -0.25) is 9.59 Å². The molecule has 0 atom stereocenters. The summed E-state index contributed by atoms with van der Waals surface area (Å²) in [6, 6.07) is 10.6. The van der Waals surface area contributed by atoms with Gasteiger partial charge < -0.3 is 9.47 Å². The van der Waals surface area contributed by atoms with Gasteiger partial charge in [0.05, 0.1) is 13.2 Å². The summed E-state index contributed by atoms with van der Waals surface area (Å²) in [5.74, 6) is 0.943. The Morgan fingerprint density at radius 2 is 0.620 bits per heavy atom. The van der Waals surface area contributed by atoms with Crippen LogP contribution in [-0.4, -0.2) is 24.8 Å². The van der Waals surface area contributed by atoms with Crippen molar-refractivity contribution in [1.29, 1.82) is 0 Å². The van der Waals surface area contributed by atoms with Crippen LogP contribution in [0.2, 0.25) is 0 Å². The summed E-state index contributed by atoms with van der Waals surface area (Å²) in [4.78, 5) is 26.8. The van der Waals surface area contributed by atoms with E-state index in [4.69, 9.17) is 9.47 Å². The number of hydrogen-bond acceptors (Lipinski definition) is 4. The molecular weight excluding hydrogens is 617 g/mol. The predicted octanol–water partition coefficient (Wildman–Crippen LogP) is 14.2. The van der Waals surface area contributed by atoms with Gasteiger partial charge in [-0.25, -0.2) is 0 Å². The highest BCUT2D eigenvalue weighted by molar-refractivity contribution is 6.28. The SMILES string of the molecule is CCCCCCCCCCCCCCCCOc1cc2c(cc1OCCCCCCCCCCCCCCCC)C(=O)c1ccccc1C2=O. The van der Waals surface area contributed by atoms with Crippen LogP contribution in [0.15, 0.2) is 36.4 Å². The molecule has 0 heterocycles. The molecule has 0 fully saturated rings. The van der Waals surface area contributed by atoms with Crippen molar-refractivity contribution in [2.75, 3.05) is 13.2 Å². The zero-order valence-electron chi connectivity index (χ0n) is 32.3. The Morgan fingerprint density at radius 3 is 0.900 bits per heavy atom. The fourth-order valence-corrected chi connectivity index (χ4v) is 7.29. The van der Waals surface area contributed by atoms with Gasteiger partial charge >= 0.3 is 0 Å². The Labute approximate surface area is 306 Å². The van der Waals surface area contributed by atoms with Crippen molar-refractivity contribution in [2.24, 2.45) is 0 Å². The van der Waals surface area contributed by atoms with Gasteiger partial charge in [0, 0.05) is 22.3 Å². The summed E-state index contributed by atoms with van der Waals surface area (Å²) < 4.78 is 12.5. The molecule has 0 unspecified atom stereocenters. The van der Waals surface area contributed by atoms with E-state index in [1.54, 1.807) is 24.3 Å². The molecular formula is C46H72O4. The lowest BCUT2D eigenvalue weighted by atomic mass is 9.84. The van der Waals surface area contributed by atoms with Gasteiger partial charge in [0.15, 0.2) is 23.1 Å². The molecule has 0 aromatic heterocycles. The molecule has 50 heavy (non-hydrogen) atoms. The first-order valence-electron chi connectivity index (χ1n) is 21.3. The first-order valence-corrected chi connectivity index (χ1v) is 21.3. The highest BCUT2D eigenvalue weighted by atomic mass is 16.5. The van der Waals surface area contributed by atoms with Crippen LogP contribution in [-0.2, 0) is 0 Å². The third-order valence-electron chi connectivity index (χ3n) is 10.5. The molecule has 0 bridgehead atoms. The van der Waals surface area contributed by atoms with Crippen molar-refractivity contribution in [2.45, 2.75) is 194 Å². The number of fused-ring (bicyclic) bond motifs is 2. The van der Waals surface area contributed by atoms with Gasteiger partial charge in [0.25, 0.3) is 0 Å². The van der Waals surface area contributed by atoms with Crippen LogP contribution < -0.4 is 9.47 Å². The molecule has 4 heteroatoms. The molecule has 2 aromatic rings. The molecule has 0 saturated carbocycles. The van der Waals surface area contributed by atoms with Crippen molar-refractivity contribution in [3.8, 4) is 11.5 Å². The van der Waals surface area contributed by atoms with E-state index in [0.29, 0.717) is 47.0 Å². The van der Waals surface area contributed by atoms with E-state index in [9.17, 15) is 9.59 Å². The zero-order chi connectivity index (χ0) is 35.5. The number of benzene rings is 2. The maximum absolute atomic E-state index is 13.4. The third-order valence-corrected chi connectivity index (χ3v) is 10.5. The second kappa shape index (κ2) is 27.1. The van der Waals surface area contributed by atoms with Crippen molar-refractivity contribution < 1.29 is 19.1 Å². The van der Waals surface area contributed by atoms with Crippen LogP contribution in [0, 0.1) is 0 Å². The van der Waals surface area contributed by atoms with Crippen molar-refractivity contribution in [3.63, 3.8) is 0 Å². The Kier molecular flexibility index (Phi) is 22.6. The summed E-state index contributed by atoms with van der Waals surface area (Å²) in [6.07, 6.45) is 36.9. The topological polar surface area (TPSA) is 52.6 Å². The highest BCUT2D eigenvalue weighted by Gasteiger charge is 2.31. The van der Waals surface area contributed by atoms with Gasteiger partial charge in [-0.05, 0) is 25.0 Å². The molecule has 0 amide bonds. The summed E-state index contributed by atoms with van der Waals surface area (Å²) >= 11 is 0. The van der Waals surface area contributed by atoms with E-state index in [1.807, 2.05) is 12.1 Å². The number of ketones is 2. The van der Waals surface area contributed by atoms with Gasteiger partial charge in [0.2, 0.25) is 0 Å². The standard InChI is InChI=1S/C46H72O4/c1-3-5-7-9-11-13-15-17-19-21-23-25-27-31-35-49-43-37-41-42(46(48)40-34-30-29-33-39(40)45(41)47)38-44(43)50-36-32-28-26-24-22-20-18-16-14-12-10-8-6-4-2/h29-30,33-34,37-38H,3-28,31-32,35-36H2,1-2H3. The van der Waals surface area contributed by atoms with Crippen LogP contribution in [0.1, 0.15) is 225 Å². The Bertz CT molecular complexity index is 1110. The van der Waals surface area contributed by atoms with Gasteiger partial charge in [0.1, 0.15) is 0 Å².